The largest absolute Gasteiger partial charge is 0.465 e. The molecule has 1 fully saturated rings. The summed E-state index contributed by atoms with van der Waals surface area (Å²) in [7, 11) is -3.52. The number of rotatable bonds is 6. The van der Waals surface area contributed by atoms with E-state index in [0.717, 1.165) is 18.4 Å². The van der Waals surface area contributed by atoms with Crippen LogP contribution in [0.1, 0.15) is 31.7 Å². The lowest BCUT2D eigenvalue weighted by molar-refractivity contribution is -0.148. The van der Waals surface area contributed by atoms with Crippen LogP contribution < -0.4 is 0 Å². The molecular formula is C16H23NO4S. The van der Waals surface area contributed by atoms with Crippen LogP contribution in [0.15, 0.2) is 29.2 Å². The standard InChI is InChI=1S/C16H23NO4S/c1-3-4-11-21-16(18)14-9-10-17(12-14)22(19,20)15-7-5-13(2)6-8-15/h5-8,14H,3-4,9-12H2,1-2H3. The van der Waals surface area contributed by atoms with Gasteiger partial charge in [0, 0.05) is 13.1 Å². The minimum absolute atomic E-state index is 0.209. The van der Waals surface area contributed by atoms with E-state index >= 15 is 0 Å². The molecule has 0 spiro atoms. The molecule has 122 valence electrons. The van der Waals surface area contributed by atoms with Crippen molar-refractivity contribution < 1.29 is 17.9 Å². The van der Waals surface area contributed by atoms with Crippen LogP contribution in [0.3, 0.4) is 0 Å². The number of aryl methyl sites for hydroxylation is 1. The fourth-order valence-corrected chi connectivity index (χ4v) is 3.93. The highest BCUT2D eigenvalue weighted by molar-refractivity contribution is 7.89. The Balaban J connectivity index is 2.00. The maximum Gasteiger partial charge on any atom is 0.310 e. The molecule has 0 aromatic heterocycles. The Labute approximate surface area is 132 Å². The van der Waals surface area contributed by atoms with E-state index in [9.17, 15) is 13.2 Å². The number of benzene rings is 1. The molecule has 1 aliphatic rings. The van der Waals surface area contributed by atoms with E-state index in [1.165, 1.54) is 4.31 Å². The minimum atomic E-state index is -3.52. The van der Waals surface area contributed by atoms with Gasteiger partial charge >= 0.3 is 5.97 Å². The first-order chi connectivity index (χ1) is 10.4. The van der Waals surface area contributed by atoms with Gasteiger partial charge in [-0.2, -0.15) is 4.31 Å². The Bertz CT molecular complexity index is 610. The van der Waals surface area contributed by atoms with Crippen LogP contribution in [-0.4, -0.2) is 38.4 Å². The molecule has 1 atom stereocenters. The zero-order valence-corrected chi connectivity index (χ0v) is 13.9. The number of ether oxygens (including phenoxy) is 1. The Hall–Kier alpha value is -1.40. The summed E-state index contributed by atoms with van der Waals surface area (Å²) in [4.78, 5) is 12.2. The maximum atomic E-state index is 12.5. The summed E-state index contributed by atoms with van der Waals surface area (Å²) in [5.74, 6) is -0.632. The molecule has 0 saturated carbocycles. The van der Waals surface area contributed by atoms with Crippen molar-refractivity contribution in [2.24, 2.45) is 5.92 Å². The molecule has 1 heterocycles. The summed E-state index contributed by atoms with van der Waals surface area (Å²) in [6, 6.07) is 6.77. The summed E-state index contributed by atoms with van der Waals surface area (Å²) >= 11 is 0. The number of unbranched alkanes of at least 4 members (excludes halogenated alkanes) is 1. The Morgan fingerprint density at radius 3 is 2.64 bits per heavy atom. The van der Waals surface area contributed by atoms with Crippen molar-refractivity contribution >= 4 is 16.0 Å². The highest BCUT2D eigenvalue weighted by Gasteiger charge is 2.36. The lowest BCUT2D eigenvalue weighted by atomic mass is 10.1. The van der Waals surface area contributed by atoms with Gasteiger partial charge in [0.25, 0.3) is 0 Å². The number of sulfonamides is 1. The monoisotopic (exact) mass is 325 g/mol. The van der Waals surface area contributed by atoms with Crippen LogP contribution in [0.5, 0.6) is 0 Å². The third-order valence-electron chi connectivity index (χ3n) is 3.89. The summed E-state index contributed by atoms with van der Waals surface area (Å²) in [6.45, 7) is 4.93. The fraction of sp³-hybridized carbons (Fsp3) is 0.562. The lowest BCUT2D eigenvalue weighted by Crippen LogP contribution is -2.30. The van der Waals surface area contributed by atoms with Gasteiger partial charge in [-0.15, -0.1) is 0 Å². The molecule has 1 aliphatic heterocycles. The second kappa shape index (κ2) is 7.24. The molecule has 22 heavy (non-hydrogen) atoms. The lowest BCUT2D eigenvalue weighted by Gasteiger charge is -2.16. The van der Waals surface area contributed by atoms with Crippen molar-refractivity contribution in [3.63, 3.8) is 0 Å². The molecule has 1 saturated heterocycles. The first-order valence-corrected chi connectivity index (χ1v) is 9.12. The van der Waals surface area contributed by atoms with Gasteiger partial charge in [0.2, 0.25) is 10.0 Å². The molecule has 0 N–H and O–H groups in total. The van der Waals surface area contributed by atoms with Crippen molar-refractivity contribution in [1.29, 1.82) is 0 Å². The molecule has 2 rings (SSSR count). The normalized spacial score (nSPS) is 19.3. The summed E-state index contributed by atoms with van der Waals surface area (Å²) in [5.41, 5.74) is 1.01. The van der Waals surface area contributed by atoms with Crippen molar-refractivity contribution in [3.05, 3.63) is 29.8 Å². The first-order valence-electron chi connectivity index (χ1n) is 7.68. The average molecular weight is 325 g/mol. The summed E-state index contributed by atoms with van der Waals surface area (Å²) < 4.78 is 31.7. The number of hydrogen-bond acceptors (Lipinski definition) is 4. The topological polar surface area (TPSA) is 63.7 Å². The average Bonchev–Trinajstić information content (AvgIpc) is 2.98. The zero-order valence-electron chi connectivity index (χ0n) is 13.1. The molecule has 0 amide bonds. The number of carbonyl (C=O) groups is 1. The third kappa shape index (κ3) is 3.87. The van der Waals surface area contributed by atoms with Crippen LogP contribution in [0.2, 0.25) is 0 Å². The molecule has 5 nitrogen and oxygen atoms in total. The SMILES string of the molecule is CCCCOC(=O)C1CCN(S(=O)(=O)c2ccc(C)cc2)C1. The molecule has 1 aromatic carbocycles. The van der Waals surface area contributed by atoms with Gasteiger partial charge in [-0.3, -0.25) is 4.79 Å². The van der Waals surface area contributed by atoms with Gasteiger partial charge in [-0.05, 0) is 31.9 Å². The predicted octanol–water partition coefficient (Wildman–Crippen LogP) is 2.35. The summed E-state index contributed by atoms with van der Waals surface area (Å²) in [5, 5.41) is 0. The molecular weight excluding hydrogens is 302 g/mol. The van der Waals surface area contributed by atoms with E-state index < -0.39 is 10.0 Å². The van der Waals surface area contributed by atoms with E-state index in [2.05, 4.69) is 0 Å². The van der Waals surface area contributed by atoms with Gasteiger partial charge < -0.3 is 4.74 Å². The number of hydrogen-bond donors (Lipinski definition) is 0. The fourth-order valence-electron chi connectivity index (χ4n) is 2.43. The highest BCUT2D eigenvalue weighted by Crippen LogP contribution is 2.25. The summed E-state index contributed by atoms with van der Waals surface area (Å²) in [6.07, 6.45) is 2.33. The van der Waals surface area contributed by atoms with E-state index in [-0.39, 0.29) is 23.3 Å². The molecule has 0 bridgehead atoms. The second-order valence-electron chi connectivity index (χ2n) is 5.68. The number of carbonyl (C=O) groups excluding carboxylic acids is 1. The van der Waals surface area contributed by atoms with Gasteiger partial charge in [0.1, 0.15) is 0 Å². The Morgan fingerprint density at radius 1 is 1.32 bits per heavy atom. The molecule has 1 aromatic rings. The van der Waals surface area contributed by atoms with E-state index in [0.29, 0.717) is 19.6 Å². The second-order valence-corrected chi connectivity index (χ2v) is 7.62. The Morgan fingerprint density at radius 2 is 2.00 bits per heavy atom. The first kappa shape index (κ1) is 17.0. The quantitative estimate of drug-likeness (QED) is 0.595. The minimum Gasteiger partial charge on any atom is -0.465 e. The van der Waals surface area contributed by atoms with Crippen LogP contribution in [0.4, 0.5) is 0 Å². The van der Waals surface area contributed by atoms with Crippen LogP contribution in [0.25, 0.3) is 0 Å². The van der Waals surface area contributed by atoms with E-state index in [1.807, 2.05) is 13.8 Å². The third-order valence-corrected chi connectivity index (χ3v) is 5.76. The van der Waals surface area contributed by atoms with Crippen LogP contribution in [0, 0.1) is 12.8 Å². The van der Waals surface area contributed by atoms with Crippen molar-refractivity contribution in [3.8, 4) is 0 Å². The Kier molecular flexibility index (Phi) is 5.58. The van der Waals surface area contributed by atoms with Crippen LogP contribution in [-0.2, 0) is 19.6 Å². The molecule has 0 radical (unpaired) electrons. The zero-order chi connectivity index (χ0) is 16.2. The maximum absolute atomic E-state index is 12.5. The molecule has 6 heteroatoms. The van der Waals surface area contributed by atoms with Gasteiger partial charge in [0.15, 0.2) is 0 Å². The van der Waals surface area contributed by atoms with E-state index in [1.54, 1.807) is 24.3 Å². The smallest absolute Gasteiger partial charge is 0.310 e. The van der Waals surface area contributed by atoms with Crippen LogP contribution >= 0.6 is 0 Å². The molecule has 1 unspecified atom stereocenters. The predicted molar refractivity (Wildman–Crippen MR) is 83.9 cm³/mol. The highest BCUT2D eigenvalue weighted by atomic mass is 32.2. The van der Waals surface area contributed by atoms with Crippen molar-refractivity contribution in [2.45, 2.75) is 38.0 Å². The van der Waals surface area contributed by atoms with Crippen molar-refractivity contribution in [1.82, 2.24) is 4.31 Å². The van der Waals surface area contributed by atoms with Gasteiger partial charge in [-0.1, -0.05) is 31.0 Å². The number of nitrogens with zero attached hydrogens (tertiary/aromatic N) is 1. The molecule has 0 aliphatic carbocycles. The van der Waals surface area contributed by atoms with Gasteiger partial charge in [-0.25, -0.2) is 8.42 Å². The van der Waals surface area contributed by atoms with Gasteiger partial charge in [0.05, 0.1) is 17.4 Å². The number of esters is 1. The van der Waals surface area contributed by atoms with Crippen molar-refractivity contribution in [2.75, 3.05) is 19.7 Å². The van der Waals surface area contributed by atoms with E-state index in [4.69, 9.17) is 4.74 Å².